The molecule has 2 N–H and O–H groups in total. The number of rotatable bonds is 2. The van der Waals surface area contributed by atoms with Crippen molar-refractivity contribution in [2.75, 3.05) is 5.32 Å². The fourth-order valence-corrected chi connectivity index (χ4v) is 1.89. The Kier molecular flexibility index (Phi) is 2.72. The number of aromatic amines is 1. The molecule has 0 atom stereocenters. The van der Waals surface area contributed by atoms with Gasteiger partial charge >= 0.3 is 0 Å². The van der Waals surface area contributed by atoms with Crippen molar-refractivity contribution in [3.05, 3.63) is 54.0 Å². The molecule has 19 heavy (non-hydrogen) atoms. The highest BCUT2D eigenvalue weighted by Crippen LogP contribution is 2.17. The van der Waals surface area contributed by atoms with Crippen molar-refractivity contribution in [3.63, 3.8) is 0 Å². The Morgan fingerprint density at radius 3 is 3.00 bits per heavy atom. The van der Waals surface area contributed by atoms with Gasteiger partial charge in [0.2, 0.25) is 0 Å². The molecule has 5 nitrogen and oxygen atoms in total. The number of fused-ring (bicyclic) bond motifs is 1. The van der Waals surface area contributed by atoms with Gasteiger partial charge in [0.1, 0.15) is 5.69 Å². The lowest BCUT2D eigenvalue weighted by Crippen LogP contribution is -2.13. The van der Waals surface area contributed by atoms with Crippen molar-refractivity contribution in [3.8, 4) is 0 Å². The summed E-state index contributed by atoms with van der Waals surface area (Å²) in [5.41, 5.74) is 2.89. The summed E-state index contributed by atoms with van der Waals surface area (Å²) in [5, 5.41) is 10.6. The Bertz CT molecular complexity index is 748. The molecule has 0 spiro atoms. The number of carbonyl (C=O) groups excluding carboxylic acids is 1. The number of aromatic nitrogens is 3. The predicted octanol–water partition coefficient (Wildman–Crippen LogP) is 2.52. The van der Waals surface area contributed by atoms with Crippen LogP contribution in [0.25, 0.3) is 10.9 Å². The van der Waals surface area contributed by atoms with Crippen molar-refractivity contribution >= 4 is 22.5 Å². The standard InChI is InChI=1S/C14H12N4O/c1-9-3-2-4-13(16-9)14(19)17-11-5-6-12-10(7-11)8-15-18-12/h2-8H,1H3,(H,15,18)(H,17,19). The quantitative estimate of drug-likeness (QED) is 0.736. The van der Waals surface area contributed by atoms with E-state index >= 15 is 0 Å². The molecule has 5 heteroatoms. The lowest BCUT2D eigenvalue weighted by atomic mass is 10.2. The number of H-pyrrole nitrogens is 1. The highest BCUT2D eigenvalue weighted by Gasteiger charge is 2.08. The number of nitrogens with one attached hydrogen (secondary N) is 2. The first-order chi connectivity index (χ1) is 9.22. The van der Waals surface area contributed by atoms with Gasteiger partial charge in [-0.25, -0.2) is 4.98 Å². The number of carbonyl (C=O) groups is 1. The summed E-state index contributed by atoms with van der Waals surface area (Å²) in [6, 6.07) is 10.9. The zero-order valence-corrected chi connectivity index (χ0v) is 10.3. The molecule has 2 aromatic heterocycles. The third-order valence-corrected chi connectivity index (χ3v) is 2.82. The fourth-order valence-electron chi connectivity index (χ4n) is 1.89. The van der Waals surface area contributed by atoms with Crippen LogP contribution in [0.3, 0.4) is 0 Å². The van der Waals surface area contributed by atoms with Crippen LogP contribution in [0.15, 0.2) is 42.6 Å². The first-order valence-electron chi connectivity index (χ1n) is 5.90. The van der Waals surface area contributed by atoms with Crippen molar-refractivity contribution in [1.82, 2.24) is 15.2 Å². The highest BCUT2D eigenvalue weighted by atomic mass is 16.1. The molecule has 3 rings (SSSR count). The van der Waals surface area contributed by atoms with E-state index in [1.165, 1.54) is 0 Å². The van der Waals surface area contributed by atoms with Crippen LogP contribution in [-0.2, 0) is 0 Å². The zero-order chi connectivity index (χ0) is 13.2. The van der Waals surface area contributed by atoms with Crippen LogP contribution in [0, 0.1) is 6.92 Å². The average molecular weight is 252 g/mol. The molecule has 0 fully saturated rings. The molecule has 0 radical (unpaired) electrons. The largest absolute Gasteiger partial charge is 0.321 e. The number of pyridine rings is 1. The van der Waals surface area contributed by atoms with Gasteiger partial charge in [-0.3, -0.25) is 9.89 Å². The van der Waals surface area contributed by atoms with E-state index in [2.05, 4.69) is 20.5 Å². The summed E-state index contributed by atoms with van der Waals surface area (Å²) in [4.78, 5) is 16.2. The molecular weight excluding hydrogens is 240 g/mol. The smallest absolute Gasteiger partial charge is 0.274 e. The van der Waals surface area contributed by atoms with E-state index < -0.39 is 0 Å². The molecule has 0 unspecified atom stereocenters. The second-order valence-electron chi connectivity index (χ2n) is 4.29. The molecule has 0 saturated heterocycles. The van der Waals surface area contributed by atoms with E-state index in [-0.39, 0.29) is 5.91 Å². The maximum atomic E-state index is 12.0. The number of amides is 1. The minimum Gasteiger partial charge on any atom is -0.321 e. The predicted molar refractivity (Wildman–Crippen MR) is 73.0 cm³/mol. The second-order valence-corrected chi connectivity index (χ2v) is 4.29. The Morgan fingerprint density at radius 2 is 2.16 bits per heavy atom. The average Bonchev–Trinajstić information content (AvgIpc) is 2.86. The lowest BCUT2D eigenvalue weighted by Gasteiger charge is -2.05. The Balaban J connectivity index is 1.86. The number of benzene rings is 1. The third kappa shape index (κ3) is 2.30. The minimum atomic E-state index is -0.216. The first-order valence-corrected chi connectivity index (χ1v) is 5.90. The van der Waals surface area contributed by atoms with Crippen LogP contribution in [-0.4, -0.2) is 21.1 Å². The van der Waals surface area contributed by atoms with Crippen LogP contribution < -0.4 is 5.32 Å². The number of hydrogen-bond donors (Lipinski definition) is 2. The van der Waals surface area contributed by atoms with E-state index in [4.69, 9.17) is 0 Å². The van der Waals surface area contributed by atoms with E-state index in [1.807, 2.05) is 37.3 Å². The molecule has 1 amide bonds. The molecule has 2 heterocycles. The lowest BCUT2D eigenvalue weighted by molar-refractivity contribution is 0.102. The van der Waals surface area contributed by atoms with Gasteiger partial charge in [-0.15, -0.1) is 0 Å². The monoisotopic (exact) mass is 252 g/mol. The van der Waals surface area contributed by atoms with E-state index in [9.17, 15) is 4.79 Å². The van der Waals surface area contributed by atoms with Gasteiger partial charge in [0.25, 0.3) is 5.91 Å². The van der Waals surface area contributed by atoms with Crippen LogP contribution >= 0.6 is 0 Å². The molecular formula is C14H12N4O. The van der Waals surface area contributed by atoms with Gasteiger partial charge in [-0.05, 0) is 37.3 Å². The van der Waals surface area contributed by atoms with Crippen molar-refractivity contribution in [2.45, 2.75) is 6.92 Å². The molecule has 0 aliphatic rings. The van der Waals surface area contributed by atoms with Crippen molar-refractivity contribution in [2.24, 2.45) is 0 Å². The number of nitrogens with zero attached hydrogens (tertiary/aromatic N) is 2. The molecule has 1 aromatic carbocycles. The maximum Gasteiger partial charge on any atom is 0.274 e. The summed E-state index contributed by atoms with van der Waals surface area (Å²) >= 11 is 0. The SMILES string of the molecule is Cc1cccc(C(=O)Nc2ccc3[nH]ncc3c2)n1. The first kappa shape index (κ1) is 11.4. The van der Waals surface area contributed by atoms with Gasteiger partial charge < -0.3 is 5.32 Å². The summed E-state index contributed by atoms with van der Waals surface area (Å²) < 4.78 is 0. The van der Waals surface area contributed by atoms with Gasteiger partial charge in [0.15, 0.2) is 0 Å². The molecule has 0 aliphatic heterocycles. The Morgan fingerprint density at radius 1 is 1.26 bits per heavy atom. The minimum absolute atomic E-state index is 0.216. The van der Waals surface area contributed by atoms with Crippen LogP contribution in [0.4, 0.5) is 5.69 Å². The van der Waals surface area contributed by atoms with Crippen LogP contribution in [0.1, 0.15) is 16.2 Å². The van der Waals surface area contributed by atoms with Gasteiger partial charge in [-0.2, -0.15) is 5.10 Å². The summed E-state index contributed by atoms with van der Waals surface area (Å²) in [5.74, 6) is -0.216. The number of anilines is 1. The highest BCUT2D eigenvalue weighted by molar-refractivity contribution is 6.03. The Labute approximate surface area is 109 Å². The third-order valence-electron chi connectivity index (χ3n) is 2.82. The van der Waals surface area contributed by atoms with E-state index in [0.717, 1.165) is 22.3 Å². The number of aryl methyl sites for hydroxylation is 1. The molecule has 94 valence electrons. The van der Waals surface area contributed by atoms with Crippen LogP contribution in [0.2, 0.25) is 0 Å². The normalized spacial score (nSPS) is 10.6. The van der Waals surface area contributed by atoms with Gasteiger partial charge in [0.05, 0.1) is 11.7 Å². The summed E-state index contributed by atoms with van der Waals surface area (Å²) in [7, 11) is 0. The molecule has 0 aliphatic carbocycles. The zero-order valence-electron chi connectivity index (χ0n) is 10.3. The summed E-state index contributed by atoms with van der Waals surface area (Å²) in [6.07, 6.45) is 1.72. The second kappa shape index (κ2) is 4.53. The van der Waals surface area contributed by atoms with Gasteiger partial charge in [-0.1, -0.05) is 6.07 Å². The topological polar surface area (TPSA) is 70.7 Å². The maximum absolute atomic E-state index is 12.0. The van der Waals surface area contributed by atoms with Gasteiger partial charge in [0, 0.05) is 16.8 Å². The summed E-state index contributed by atoms with van der Waals surface area (Å²) in [6.45, 7) is 1.86. The Hall–Kier alpha value is -2.69. The van der Waals surface area contributed by atoms with E-state index in [0.29, 0.717) is 5.69 Å². The van der Waals surface area contributed by atoms with Crippen LogP contribution in [0.5, 0.6) is 0 Å². The van der Waals surface area contributed by atoms with Crippen molar-refractivity contribution in [1.29, 1.82) is 0 Å². The van der Waals surface area contributed by atoms with Crippen molar-refractivity contribution < 1.29 is 4.79 Å². The molecule has 0 bridgehead atoms. The van der Waals surface area contributed by atoms with E-state index in [1.54, 1.807) is 12.3 Å². The molecule has 0 saturated carbocycles. The molecule has 3 aromatic rings. The number of hydrogen-bond acceptors (Lipinski definition) is 3. The fraction of sp³-hybridized carbons (Fsp3) is 0.0714.